The van der Waals surface area contributed by atoms with E-state index in [-0.39, 0.29) is 6.61 Å². The second-order valence-electron chi connectivity index (χ2n) is 3.20. The molecule has 0 unspecified atom stereocenters. The normalized spacial score (nSPS) is 10.5. The van der Waals surface area contributed by atoms with Gasteiger partial charge in [0.05, 0.1) is 20.8 Å². The van der Waals surface area contributed by atoms with E-state index < -0.39 is 5.97 Å². The van der Waals surface area contributed by atoms with Gasteiger partial charge in [0.1, 0.15) is 0 Å². The van der Waals surface area contributed by atoms with Gasteiger partial charge in [-0.1, -0.05) is 6.07 Å². The summed E-state index contributed by atoms with van der Waals surface area (Å²) in [5.74, 6) is -0.157. The molecule has 0 aliphatic heterocycles. The molecule has 0 atom stereocenters. The number of aliphatic hydroxyl groups excluding tert-OH is 1. The first kappa shape index (κ1) is 13.1. The average Bonchev–Trinajstić information content (AvgIpc) is 2.34. The van der Waals surface area contributed by atoms with E-state index in [0.29, 0.717) is 22.6 Å². The highest BCUT2D eigenvalue weighted by molar-refractivity contribution is 5.85. The van der Waals surface area contributed by atoms with E-state index in [1.807, 2.05) is 0 Å². The standard InChI is InChI=1S/C12H14O5/c1-16-10-5-3-8(4-6-11(14)15)9(7-13)12(10)17-2/h3-6,13H,7H2,1-2H3,(H,14,15)/b6-4+. The van der Waals surface area contributed by atoms with E-state index in [9.17, 15) is 9.90 Å². The summed E-state index contributed by atoms with van der Waals surface area (Å²) < 4.78 is 10.2. The Bertz CT molecular complexity index is 437. The van der Waals surface area contributed by atoms with Crippen LogP contribution in [0, 0.1) is 0 Å². The quantitative estimate of drug-likeness (QED) is 0.756. The number of carboxylic acid groups (broad SMARTS) is 1. The number of benzene rings is 1. The molecule has 0 aliphatic carbocycles. The summed E-state index contributed by atoms with van der Waals surface area (Å²) in [6.45, 7) is -0.264. The van der Waals surface area contributed by atoms with Crippen molar-refractivity contribution in [2.75, 3.05) is 14.2 Å². The van der Waals surface area contributed by atoms with Crippen LogP contribution >= 0.6 is 0 Å². The van der Waals surface area contributed by atoms with E-state index in [2.05, 4.69) is 0 Å². The molecule has 17 heavy (non-hydrogen) atoms. The smallest absolute Gasteiger partial charge is 0.328 e. The molecular weight excluding hydrogens is 224 g/mol. The Morgan fingerprint density at radius 3 is 2.53 bits per heavy atom. The van der Waals surface area contributed by atoms with Crippen molar-refractivity contribution in [1.29, 1.82) is 0 Å². The second kappa shape index (κ2) is 5.91. The molecule has 0 aromatic heterocycles. The Labute approximate surface area is 98.9 Å². The predicted molar refractivity (Wildman–Crippen MR) is 62.1 cm³/mol. The molecule has 5 nitrogen and oxygen atoms in total. The number of methoxy groups -OCH3 is 2. The lowest BCUT2D eigenvalue weighted by molar-refractivity contribution is -0.131. The molecule has 0 radical (unpaired) electrons. The molecule has 1 aromatic carbocycles. The summed E-state index contributed by atoms with van der Waals surface area (Å²) in [6, 6.07) is 3.31. The molecule has 5 heteroatoms. The van der Waals surface area contributed by atoms with Crippen LogP contribution in [0.4, 0.5) is 0 Å². The van der Waals surface area contributed by atoms with E-state index in [1.54, 1.807) is 12.1 Å². The summed E-state index contributed by atoms with van der Waals surface area (Å²) in [5, 5.41) is 17.9. The zero-order valence-corrected chi connectivity index (χ0v) is 9.64. The monoisotopic (exact) mass is 238 g/mol. The van der Waals surface area contributed by atoms with E-state index in [4.69, 9.17) is 14.6 Å². The summed E-state index contributed by atoms with van der Waals surface area (Å²) in [5.41, 5.74) is 1.07. The number of aliphatic hydroxyl groups is 1. The Morgan fingerprint density at radius 2 is 2.06 bits per heavy atom. The SMILES string of the molecule is COc1ccc(/C=C/C(=O)O)c(CO)c1OC. The highest BCUT2D eigenvalue weighted by atomic mass is 16.5. The van der Waals surface area contributed by atoms with Gasteiger partial charge in [-0.05, 0) is 17.7 Å². The largest absolute Gasteiger partial charge is 0.493 e. The van der Waals surface area contributed by atoms with Gasteiger partial charge in [-0.3, -0.25) is 0 Å². The van der Waals surface area contributed by atoms with Crippen molar-refractivity contribution in [3.05, 3.63) is 29.3 Å². The van der Waals surface area contributed by atoms with E-state index >= 15 is 0 Å². The van der Waals surface area contributed by atoms with Gasteiger partial charge < -0.3 is 19.7 Å². The van der Waals surface area contributed by atoms with Crippen molar-refractivity contribution in [2.24, 2.45) is 0 Å². The predicted octanol–water partition coefficient (Wildman–Crippen LogP) is 1.29. The molecule has 2 N–H and O–H groups in total. The zero-order chi connectivity index (χ0) is 12.8. The number of carboxylic acids is 1. The highest BCUT2D eigenvalue weighted by Gasteiger charge is 2.12. The third-order valence-corrected chi connectivity index (χ3v) is 2.25. The first-order valence-corrected chi connectivity index (χ1v) is 4.89. The van der Waals surface area contributed by atoms with E-state index in [1.165, 1.54) is 20.3 Å². The number of ether oxygens (including phenoxy) is 2. The Morgan fingerprint density at radius 1 is 1.35 bits per heavy atom. The van der Waals surface area contributed by atoms with Crippen LogP contribution in [0.15, 0.2) is 18.2 Å². The minimum Gasteiger partial charge on any atom is -0.493 e. The molecule has 0 aliphatic rings. The third kappa shape index (κ3) is 2.98. The molecule has 0 saturated heterocycles. The van der Waals surface area contributed by atoms with Gasteiger partial charge in [0.2, 0.25) is 0 Å². The van der Waals surface area contributed by atoms with Crippen LogP contribution < -0.4 is 9.47 Å². The minimum atomic E-state index is -1.05. The number of rotatable bonds is 5. The van der Waals surface area contributed by atoms with Crippen molar-refractivity contribution in [2.45, 2.75) is 6.61 Å². The first-order valence-electron chi connectivity index (χ1n) is 4.89. The van der Waals surface area contributed by atoms with Crippen molar-refractivity contribution >= 4 is 12.0 Å². The molecule has 0 heterocycles. The molecule has 0 spiro atoms. The minimum absolute atomic E-state index is 0.264. The lowest BCUT2D eigenvalue weighted by Gasteiger charge is -2.13. The molecule has 92 valence electrons. The Hall–Kier alpha value is -2.01. The fraction of sp³-hybridized carbons (Fsp3) is 0.250. The van der Waals surface area contributed by atoms with Gasteiger partial charge in [0.15, 0.2) is 11.5 Å². The fourth-order valence-electron chi connectivity index (χ4n) is 1.49. The number of hydrogen-bond acceptors (Lipinski definition) is 4. The maximum atomic E-state index is 10.4. The lowest BCUT2D eigenvalue weighted by Crippen LogP contribution is -1.99. The van der Waals surface area contributed by atoms with Crippen LogP contribution in [0.3, 0.4) is 0 Å². The van der Waals surface area contributed by atoms with Gasteiger partial charge >= 0.3 is 5.97 Å². The number of carbonyl (C=O) groups is 1. The fourth-order valence-corrected chi connectivity index (χ4v) is 1.49. The maximum Gasteiger partial charge on any atom is 0.328 e. The molecule has 0 fully saturated rings. The van der Waals surface area contributed by atoms with Gasteiger partial charge in [0, 0.05) is 11.6 Å². The summed E-state index contributed by atoms with van der Waals surface area (Å²) >= 11 is 0. The molecule has 1 rings (SSSR count). The average molecular weight is 238 g/mol. The van der Waals surface area contributed by atoms with Crippen molar-refractivity contribution in [1.82, 2.24) is 0 Å². The second-order valence-corrected chi connectivity index (χ2v) is 3.20. The molecule has 0 saturated carbocycles. The number of aliphatic carboxylic acids is 1. The van der Waals surface area contributed by atoms with Crippen molar-refractivity contribution < 1.29 is 24.5 Å². The number of hydrogen-bond donors (Lipinski definition) is 2. The van der Waals surface area contributed by atoms with Crippen molar-refractivity contribution in [3.8, 4) is 11.5 Å². The Balaban J connectivity index is 3.28. The Kier molecular flexibility index (Phi) is 4.54. The van der Waals surface area contributed by atoms with E-state index in [0.717, 1.165) is 6.08 Å². The van der Waals surface area contributed by atoms with Gasteiger partial charge in [-0.2, -0.15) is 0 Å². The molecule has 1 aromatic rings. The van der Waals surface area contributed by atoms with Gasteiger partial charge in [-0.25, -0.2) is 4.79 Å². The van der Waals surface area contributed by atoms with Crippen LogP contribution in [0.2, 0.25) is 0 Å². The van der Waals surface area contributed by atoms with Crippen LogP contribution in [0.25, 0.3) is 6.08 Å². The van der Waals surface area contributed by atoms with Crippen molar-refractivity contribution in [3.63, 3.8) is 0 Å². The van der Waals surface area contributed by atoms with Crippen LogP contribution in [-0.2, 0) is 11.4 Å². The van der Waals surface area contributed by atoms with Gasteiger partial charge in [0.25, 0.3) is 0 Å². The molecular formula is C12H14O5. The maximum absolute atomic E-state index is 10.4. The first-order chi connectivity index (χ1) is 8.13. The summed E-state index contributed by atoms with van der Waals surface area (Å²) in [6.07, 6.45) is 2.40. The van der Waals surface area contributed by atoms with Gasteiger partial charge in [-0.15, -0.1) is 0 Å². The highest BCUT2D eigenvalue weighted by Crippen LogP contribution is 2.33. The molecule has 0 bridgehead atoms. The van der Waals surface area contributed by atoms with Crippen LogP contribution in [0.5, 0.6) is 11.5 Å². The van der Waals surface area contributed by atoms with Crippen LogP contribution in [0.1, 0.15) is 11.1 Å². The lowest BCUT2D eigenvalue weighted by atomic mass is 10.1. The zero-order valence-electron chi connectivity index (χ0n) is 9.64. The third-order valence-electron chi connectivity index (χ3n) is 2.25. The topological polar surface area (TPSA) is 76.0 Å². The summed E-state index contributed by atoms with van der Waals surface area (Å²) in [4.78, 5) is 10.4. The summed E-state index contributed by atoms with van der Waals surface area (Å²) in [7, 11) is 2.95. The van der Waals surface area contributed by atoms with Crippen LogP contribution in [-0.4, -0.2) is 30.4 Å². The molecule has 0 amide bonds.